The number of fused-ring (bicyclic) bond motifs is 3. The highest BCUT2D eigenvalue weighted by molar-refractivity contribution is 5.87. The van der Waals surface area contributed by atoms with Gasteiger partial charge in [0.05, 0.1) is 0 Å². The molecular formula is C26H38N2. The molecule has 2 nitrogen and oxygen atoms in total. The van der Waals surface area contributed by atoms with Crippen LogP contribution in [0.2, 0.25) is 0 Å². The molecule has 1 atom stereocenters. The summed E-state index contributed by atoms with van der Waals surface area (Å²) < 4.78 is 2.65. The van der Waals surface area contributed by atoms with Gasteiger partial charge in [-0.2, -0.15) is 0 Å². The van der Waals surface area contributed by atoms with Crippen LogP contribution in [0.1, 0.15) is 112 Å². The second kappa shape index (κ2) is 8.61. The standard InChI is InChI=1S/C26H38N2/c1-2-4-6-8-11-20(12-9-7-5-3-1)21-15-16-25-23(19-21)22-13-10-14-24-26(22)28(25)18-17-27-24/h15-16,19-20,24,27H,1-14,17-18H2. The molecule has 5 rings (SSSR count). The van der Waals surface area contributed by atoms with Crippen LogP contribution in [0, 0.1) is 0 Å². The number of hydrogen-bond donors (Lipinski definition) is 1. The van der Waals surface area contributed by atoms with Gasteiger partial charge >= 0.3 is 0 Å². The zero-order chi connectivity index (χ0) is 18.8. The maximum absolute atomic E-state index is 3.77. The number of aryl methyl sites for hydroxylation is 1. The molecule has 2 heteroatoms. The molecule has 1 aliphatic heterocycles. The predicted octanol–water partition coefficient (Wildman–Crippen LogP) is 7.01. The molecule has 0 bridgehead atoms. The van der Waals surface area contributed by atoms with Crippen molar-refractivity contribution in [2.24, 2.45) is 0 Å². The smallest absolute Gasteiger partial charge is 0.0486 e. The maximum atomic E-state index is 3.77. The molecule has 1 aromatic carbocycles. The predicted molar refractivity (Wildman–Crippen MR) is 119 cm³/mol. The number of aromatic nitrogens is 1. The Morgan fingerprint density at radius 2 is 1.50 bits per heavy atom. The quantitative estimate of drug-likeness (QED) is 0.564. The van der Waals surface area contributed by atoms with Gasteiger partial charge in [-0.05, 0) is 61.3 Å². The van der Waals surface area contributed by atoms with Crippen LogP contribution in [-0.2, 0) is 13.0 Å². The van der Waals surface area contributed by atoms with E-state index in [9.17, 15) is 0 Å². The van der Waals surface area contributed by atoms with E-state index in [2.05, 4.69) is 28.1 Å². The van der Waals surface area contributed by atoms with Crippen LogP contribution in [0.5, 0.6) is 0 Å². The minimum Gasteiger partial charge on any atom is -0.342 e. The second-order valence-electron chi connectivity index (χ2n) is 9.65. The lowest BCUT2D eigenvalue weighted by atomic mass is 9.86. The molecule has 0 radical (unpaired) electrons. The molecule has 2 aromatic rings. The number of hydrogen-bond acceptors (Lipinski definition) is 1. The summed E-state index contributed by atoms with van der Waals surface area (Å²) in [6.45, 7) is 2.27. The Kier molecular flexibility index (Phi) is 5.76. The summed E-state index contributed by atoms with van der Waals surface area (Å²) in [7, 11) is 0. The van der Waals surface area contributed by atoms with Crippen LogP contribution in [0.4, 0.5) is 0 Å². The summed E-state index contributed by atoms with van der Waals surface area (Å²) in [5.41, 5.74) is 6.45. The molecule has 1 fully saturated rings. The van der Waals surface area contributed by atoms with Gasteiger partial charge in [0, 0.05) is 35.7 Å². The molecule has 1 unspecified atom stereocenters. The normalized spacial score (nSPS) is 25.1. The van der Waals surface area contributed by atoms with E-state index in [1.807, 2.05) is 0 Å². The lowest BCUT2D eigenvalue weighted by molar-refractivity contribution is 0.384. The van der Waals surface area contributed by atoms with E-state index < -0.39 is 0 Å². The molecule has 0 amide bonds. The van der Waals surface area contributed by atoms with Crippen LogP contribution >= 0.6 is 0 Å². The van der Waals surface area contributed by atoms with Gasteiger partial charge in [0.1, 0.15) is 0 Å². The summed E-state index contributed by atoms with van der Waals surface area (Å²) >= 11 is 0. The minimum atomic E-state index is 0.606. The van der Waals surface area contributed by atoms with Crippen molar-refractivity contribution in [1.82, 2.24) is 9.88 Å². The molecular weight excluding hydrogens is 340 g/mol. The largest absolute Gasteiger partial charge is 0.342 e. The number of rotatable bonds is 1. The van der Waals surface area contributed by atoms with Crippen LogP contribution < -0.4 is 5.32 Å². The number of nitrogens with zero attached hydrogens (tertiary/aromatic N) is 1. The van der Waals surface area contributed by atoms with E-state index in [-0.39, 0.29) is 0 Å². The van der Waals surface area contributed by atoms with E-state index in [1.165, 1.54) is 95.4 Å². The first-order valence-corrected chi connectivity index (χ1v) is 12.3. The first-order valence-electron chi connectivity index (χ1n) is 12.3. The SMILES string of the molecule is c1cc2c(cc1C1CCCCCCCCCCC1)c1c3n2CCNC3CCC1. The summed E-state index contributed by atoms with van der Waals surface area (Å²) in [6, 6.07) is 8.19. The average Bonchev–Trinajstić information content (AvgIpc) is 3.04. The van der Waals surface area contributed by atoms with Crippen LogP contribution in [0.25, 0.3) is 10.9 Å². The molecule has 2 aliphatic carbocycles. The highest BCUT2D eigenvalue weighted by Gasteiger charge is 2.30. The fraction of sp³-hybridized carbons (Fsp3) is 0.692. The van der Waals surface area contributed by atoms with Crippen LogP contribution in [0.15, 0.2) is 18.2 Å². The third-order valence-corrected chi connectivity index (χ3v) is 7.79. The monoisotopic (exact) mass is 378 g/mol. The molecule has 0 saturated heterocycles. The zero-order valence-corrected chi connectivity index (χ0v) is 17.6. The van der Waals surface area contributed by atoms with Gasteiger partial charge in [-0.15, -0.1) is 0 Å². The Morgan fingerprint density at radius 1 is 0.786 bits per heavy atom. The van der Waals surface area contributed by atoms with Crippen molar-refractivity contribution in [3.8, 4) is 0 Å². The van der Waals surface area contributed by atoms with Gasteiger partial charge in [-0.1, -0.05) is 63.9 Å². The summed E-state index contributed by atoms with van der Waals surface area (Å²) in [5, 5.41) is 5.36. The summed E-state index contributed by atoms with van der Waals surface area (Å²) in [5.74, 6) is 0.783. The Hall–Kier alpha value is -1.28. The lowest BCUT2D eigenvalue weighted by Gasteiger charge is -2.31. The number of nitrogens with one attached hydrogen (secondary N) is 1. The molecule has 1 aromatic heterocycles. The van der Waals surface area contributed by atoms with Crippen molar-refractivity contribution >= 4 is 10.9 Å². The maximum Gasteiger partial charge on any atom is 0.0486 e. The number of benzene rings is 1. The molecule has 2 heterocycles. The zero-order valence-electron chi connectivity index (χ0n) is 17.6. The molecule has 1 N–H and O–H groups in total. The molecule has 3 aliphatic rings. The first kappa shape index (κ1) is 18.7. The van der Waals surface area contributed by atoms with Crippen molar-refractivity contribution in [2.75, 3.05) is 6.54 Å². The van der Waals surface area contributed by atoms with Crippen LogP contribution in [0.3, 0.4) is 0 Å². The third kappa shape index (κ3) is 3.65. The minimum absolute atomic E-state index is 0.606. The molecule has 28 heavy (non-hydrogen) atoms. The molecule has 152 valence electrons. The van der Waals surface area contributed by atoms with Crippen molar-refractivity contribution in [2.45, 2.75) is 108 Å². The van der Waals surface area contributed by atoms with Crippen molar-refractivity contribution in [1.29, 1.82) is 0 Å². The van der Waals surface area contributed by atoms with E-state index >= 15 is 0 Å². The highest BCUT2D eigenvalue weighted by Crippen LogP contribution is 2.40. The molecule has 1 saturated carbocycles. The van der Waals surface area contributed by atoms with E-state index in [0.29, 0.717) is 6.04 Å². The van der Waals surface area contributed by atoms with Crippen molar-refractivity contribution < 1.29 is 0 Å². The van der Waals surface area contributed by atoms with Gasteiger partial charge in [0.25, 0.3) is 0 Å². The van der Waals surface area contributed by atoms with Gasteiger partial charge in [0.2, 0.25) is 0 Å². The third-order valence-electron chi connectivity index (χ3n) is 7.79. The van der Waals surface area contributed by atoms with Crippen molar-refractivity contribution in [3.05, 3.63) is 35.0 Å². The van der Waals surface area contributed by atoms with E-state index in [1.54, 1.807) is 22.2 Å². The van der Waals surface area contributed by atoms with Gasteiger partial charge in [-0.25, -0.2) is 0 Å². The fourth-order valence-corrected chi connectivity index (χ4v) is 6.28. The van der Waals surface area contributed by atoms with Gasteiger partial charge in [0.15, 0.2) is 0 Å². The van der Waals surface area contributed by atoms with Gasteiger partial charge in [-0.3, -0.25) is 0 Å². The van der Waals surface area contributed by atoms with Gasteiger partial charge < -0.3 is 9.88 Å². The highest BCUT2D eigenvalue weighted by atomic mass is 15.1. The molecule has 0 spiro atoms. The average molecular weight is 379 g/mol. The topological polar surface area (TPSA) is 17.0 Å². The fourth-order valence-electron chi connectivity index (χ4n) is 6.28. The Balaban J connectivity index is 1.44. The first-order chi connectivity index (χ1) is 13.9. The summed E-state index contributed by atoms with van der Waals surface area (Å²) in [4.78, 5) is 0. The van der Waals surface area contributed by atoms with E-state index in [4.69, 9.17) is 0 Å². The Morgan fingerprint density at radius 3 is 2.25 bits per heavy atom. The second-order valence-corrected chi connectivity index (χ2v) is 9.65. The Bertz CT molecular complexity index is 788. The summed E-state index contributed by atoms with van der Waals surface area (Å²) in [6.07, 6.45) is 19.8. The van der Waals surface area contributed by atoms with E-state index in [0.717, 1.165) is 19.0 Å². The Labute approximate surface area is 171 Å². The van der Waals surface area contributed by atoms with Crippen LogP contribution in [-0.4, -0.2) is 11.1 Å². The lowest BCUT2D eigenvalue weighted by Crippen LogP contribution is -2.35. The van der Waals surface area contributed by atoms with Crippen molar-refractivity contribution in [3.63, 3.8) is 0 Å².